The first-order valence-electron chi connectivity index (χ1n) is 6.43. The monoisotopic (exact) mass is 291 g/mol. The summed E-state index contributed by atoms with van der Waals surface area (Å²) in [5.74, 6) is 0.431. The van der Waals surface area contributed by atoms with Crippen molar-refractivity contribution in [1.82, 2.24) is 0 Å². The van der Waals surface area contributed by atoms with Gasteiger partial charge in [-0.2, -0.15) is 0 Å². The Balaban J connectivity index is 2.15. The maximum atomic E-state index is 6.27. The van der Waals surface area contributed by atoms with Gasteiger partial charge in [0.2, 0.25) is 0 Å². The highest BCUT2D eigenvalue weighted by Crippen LogP contribution is 2.41. The highest BCUT2D eigenvalue weighted by atomic mass is 35.5. The molecule has 3 heteroatoms. The average molecular weight is 292 g/mol. The summed E-state index contributed by atoms with van der Waals surface area (Å²) in [5, 5.41) is 0.740. The van der Waals surface area contributed by atoms with E-state index in [0.29, 0.717) is 11.9 Å². The maximum absolute atomic E-state index is 6.27. The molecule has 0 radical (unpaired) electrons. The van der Waals surface area contributed by atoms with Crippen LogP contribution in [-0.2, 0) is 12.3 Å². The Morgan fingerprint density at radius 2 is 1.84 bits per heavy atom. The molecule has 1 nitrogen and oxygen atoms in total. The second-order valence-corrected chi connectivity index (χ2v) is 5.60. The molecule has 0 amide bonds. The van der Waals surface area contributed by atoms with Crippen LogP contribution in [0.2, 0.25) is 5.02 Å². The first kappa shape index (κ1) is 12.8. The lowest BCUT2D eigenvalue weighted by molar-refractivity contribution is 0.757. The van der Waals surface area contributed by atoms with Crippen LogP contribution in [0.3, 0.4) is 0 Å². The topological polar surface area (TPSA) is 3.24 Å². The predicted octanol–water partition coefficient (Wildman–Crippen LogP) is 5.16. The van der Waals surface area contributed by atoms with E-state index in [1.165, 1.54) is 11.3 Å². The molecule has 19 heavy (non-hydrogen) atoms. The quantitative estimate of drug-likeness (QED) is 0.691. The summed E-state index contributed by atoms with van der Waals surface area (Å²) in [6.07, 6.45) is 1.06. The maximum Gasteiger partial charge on any atom is 0.0509 e. The number of nitrogens with zero attached hydrogens (tertiary/aromatic N) is 1. The third-order valence-corrected chi connectivity index (χ3v) is 4.32. The molecule has 0 saturated carbocycles. The Bertz CT molecular complexity index is 609. The number of alkyl halides is 1. The highest BCUT2D eigenvalue weighted by Gasteiger charge is 2.28. The van der Waals surface area contributed by atoms with Gasteiger partial charge < -0.3 is 4.90 Å². The summed E-state index contributed by atoms with van der Waals surface area (Å²) in [5.41, 5.74) is 4.79. The van der Waals surface area contributed by atoms with Crippen LogP contribution in [0, 0.1) is 0 Å². The molecule has 0 N–H and O–H groups in total. The molecule has 1 unspecified atom stereocenters. The fourth-order valence-corrected chi connectivity index (χ4v) is 3.42. The summed E-state index contributed by atoms with van der Waals surface area (Å²) in [6, 6.07) is 14.9. The van der Waals surface area contributed by atoms with Crippen molar-refractivity contribution < 1.29 is 0 Å². The Hall–Kier alpha value is -1.18. The zero-order chi connectivity index (χ0) is 13.4. The largest absolute Gasteiger partial charge is 0.338 e. The highest BCUT2D eigenvalue weighted by molar-refractivity contribution is 6.32. The van der Waals surface area contributed by atoms with E-state index in [4.69, 9.17) is 23.2 Å². The smallest absolute Gasteiger partial charge is 0.0509 e. The second kappa shape index (κ2) is 5.07. The zero-order valence-corrected chi connectivity index (χ0v) is 12.2. The number of fused-ring (bicyclic) bond motifs is 1. The summed E-state index contributed by atoms with van der Waals surface area (Å²) in [4.78, 5) is 2.35. The lowest BCUT2D eigenvalue weighted by atomic mass is 10.1. The molecule has 2 aromatic rings. The Morgan fingerprint density at radius 3 is 2.63 bits per heavy atom. The van der Waals surface area contributed by atoms with Crippen molar-refractivity contribution >= 4 is 34.6 Å². The minimum atomic E-state index is 0.429. The van der Waals surface area contributed by atoms with E-state index in [2.05, 4.69) is 42.2 Å². The van der Waals surface area contributed by atoms with Crippen LogP contribution in [0.15, 0.2) is 42.5 Å². The van der Waals surface area contributed by atoms with Gasteiger partial charge in [-0.15, -0.1) is 11.6 Å². The van der Waals surface area contributed by atoms with E-state index in [9.17, 15) is 0 Å². The molecule has 98 valence electrons. The second-order valence-electron chi connectivity index (χ2n) is 4.92. The van der Waals surface area contributed by atoms with Gasteiger partial charge in [-0.25, -0.2) is 0 Å². The van der Waals surface area contributed by atoms with Crippen LogP contribution in [0.4, 0.5) is 11.4 Å². The first-order valence-corrected chi connectivity index (χ1v) is 7.34. The van der Waals surface area contributed by atoms with Crippen LogP contribution < -0.4 is 4.90 Å². The summed E-state index contributed by atoms with van der Waals surface area (Å²) < 4.78 is 0. The van der Waals surface area contributed by atoms with Gasteiger partial charge in [-0.05, 0) is 37.1 Å². The molecular weight excluding hydrogens is 277 g/mol. The first-order chi connectivity index (χ1) is 9.22. The average Bonchev–Trinajstić information content (AvgIpc) is 2.74. The molecule has 0 fully saturated rings. The van der Waals surface area contributed by atoms with Gasteiger partial charge in [-0.3, -0.25) is 0 Å². The fourth-order valence-electron chi connectivity index (χ4n) is 2.84. The normalized spacial score (nSPS) is 17.6. The molecule has 1 aliphatic rings. The molecule has 1 atom stereocenters. The lowest BCUT2D eigenvalue weighted by Gasteiger charge is -2.27. The summed E-state index contributed by atoms with van der Waals surface area (Å²) in [7, 11) is 0. The third-order valence-electron chi connectivity index (χ3n) is 3.69. The lowest BCUT2D eigenvalue weighted by Crippen LogP contribution is -2.24. The number of hydrogen-bond donors (Lipinski definition) is 0. The molecule has 1 heterocycles. The molecular formula is C16H15Cl2N. The fraction of sp³-hybridized carbons (Fsp3) is 0.250. The van der Waals surface area contributed by atoms with Crippen molar-refractivity contribution in [3.63, 3.8) is 0 Å². The summed E-state index contributed by atoms with van der Waals surface area (Å²) >= 11 is 12.4. The van der Waals surface area contributed by atoms with Gasteiger partial charge in [0.25, 0.3) is 0 Å². The zero-order valence-electron chi connectivity index (χ0n) is 10.7. The van der Waals surface area contributed by atoms with Crippen molar-refractivity contribution in [2.75, 3.05) is 4.90 Å². The van der Waals surface area contributed by atoms with Crippen LogP contribution in [0.25, 0.3) is 0 Å². The molecule has 3 rings (SSSR count). The Kier molecular flexibility index (Phi) is 3.42. The molecule has 0 saturated heterocycles. The van der Waals surface area contributed by atoms with Crippen LogP contribution >= 0.6 is 23.2 Å². The van der Waals surface area contributed by atoms with Gasteiger partial charge in [0, 0.05) is 28.0 Å². The minimum absolute atomic E-state index is 0.429. The molecule has 0 aliphatic carbocycles. The Morgan fingerprint density at radius 1 is 1.11 bits per heavy atom. The van der Waals surface area contributed by atoms with Crippen LogP contribution in [0.1, 0.15) is 18.1 Å². The molecule has 1 aliphatic heterocycles. The number of hydrogen-bond acceptors (Lipinski definition) is 1. The SMILES string of the molecule is CC1Cc2ccccc2N1c1cccc(Cl)c1CCl. The number of anilines is 2. The standard InChI is InChI=1S/C16H15Cl2N/c1-11-9-12-5-2-3-7-15(12)19(11)16-8-4-6-14(18)13(16)10-17/h2-8,11H,9-10H2,1H3. The van der Waals surface area contributed by atoms with E-state index in [-0.39, 0.29) is 0 Å². The predicted molar refractivity (Wildman–Crippen MR) is 82.8 cm³/mol. The minimum Gasteiger partial charge on any atom is -0.338 e. The van der Waals surface area contributed by atoms with Crippen molar-refractivity contribution in [2.45, 2.75) is 25.3 Å². The van der Waals surface area contributed by atoms with Gasteiger partial charge in [0.15, 0.2) is 0 Å². The number of benzene rings is 2. The van der Waals surface area contributed by atoms with E-state index in [1.54, 1.807) is 0 Å². The number of rotatable bonds is 2. The molecule has 0 aromatic heterocycles. The third kappa shape index (κ3) is 2.11. The van der Waals surface area contributed by atoms with E-state index < -0.39 is 0 Å². The van der Waals surface area contributed by atoms with Crippen LogP contribution in [0.5, 0.6) is 0 Å². The number of halogens is 2. The van der Waals surface area contributed by atoms with Crippen molar-refractivity contribution in [1.29, 1.82) is 0 Å². The van der Waals surface area contributed by atoms with Crippen molar-refractivity contribution in [3.8, 4) is 0 Å². The molecule has 0 spiro atoms. The van der Waals surface area contributed by atoms with Gasteiger partial charge in [-0.1, -0.05) is 35.9 Å². The van der Waals surface area contributed by atoms with Gasteiger partial charge in [0.05, 0.1) is 5.88 Å². The molecule has 2 aromatic carbocycles. The summed E-state index contributed by atoms with van der Waals surface area (Å²) in [6.45, 7) is 2.24. The van der Waals surface area contributed by atoms with E-state index in [0.717, 1.165) is 22.7 Å². The van der Waals surface area contributed by atoms with Crippen molar-refractivity contribution in [2.24, 2.45) is 0 Å². The Labute approximate surface area is 123 Å². The van der Waals surface area contributed by atoms with Gasteiger partial charge >= 0.3 is 0 Å². The van der Waals surface area contributed by atoms with Crippen LogP contribution in [-0.4, -0.2) is 6.04 Å². The number of para-hydroxylation sites is 1. The van der Waals surface area contributed by atoms with E-state index in [1.807, 2.05) is 12.1 Å². The van der Waals surface area contributed by atoms with E-state index >= 15 is 0 Å². The molecule has 0 bridgehead atoms. The van der Waals surface area contributed by atoms with Gasteiger partial charge in [0.1, 0.15) is 0 Å². The van der Waals surface area contributed by atoms with Crippen molar-refractivity contribution in [3.05, 3.63) is 58.6 Å².